The van der Waals surface area contributed by atoms with Crippen molar-refractivity contribution in [2.24, 2.45) is 0 Å². The molecule has 0 N–H and O–H groups in total. The van der Waals surface area contributed by atoms with Crippen LogP contribution in [-0.2, 0) is 0 Å². The molecule has 0 saturated carbocycles. The zero-order valence-electron chi connectivity index (χ0n) is 14.8. The Kier molecular flexibility index (Phi) is 3.50. The van der Waals surface area contributed by atoms with Crippen LogP contribution in [0.5, 0.6) is 0 Å². The maximum absolute atomic E-state index is 2.29. The van der Waals surface area contributed by atoms with E-state index in [0.717, 1.165) is 0 Å². The lowest BCUT2D eigenvalue weighted by Crippen LogP contribution is -1.99. The normalized spacial score (nSPS) is 14.7. The summed E-state index contributed by atoms with van der Waals surface area (Å²) in [6, 6.07) is 35.2. The molecule has 5 rings (SSSR count). The topological polar surface area (TPSA) is 0 Å². The lowest BCUT2D eigenvalue weighted by atomic mass is 9.88. The smallest absolute Gasteiger partial charge is 0.0352 e. The van der Waals surface area contributed by atoms with E-state index in [1.165, 1.54) is 44.5 Å². The van der Waals surface area contributed by atoms with Crippen LogP contribution >= 0.6 is 0 Å². The number of benzene rings is 4. The van der Waals surface area contributed by atoms with Crippen LogP contribution in [0.3, 0.4) is 0 Å². The Morgan fingerprint density at radius 3 is 2.00 bits per heavy atom. The van der Waals surface area contributed by atoms with Crippen LogP contribution in [-0.4, -0.2) is 0 Å². The molecule has 0 heterocycles. The number of fused-ring (bicyclic) bond motifs is 3. The summed E-state index contributed by atoms with van der Waals surface area (Å²) in [4.78, 5) is 0. The Morgan fingerprint density at radius 2 is 1.19 bits per heavy atom. The van der Waals surface area contributed by atoms with E-state index in [2.05, 4.69) is 104 Å². The van der Waals surface area contributed by atoms with Crippen LogP contribution in [0, 0.1) is 6.92 Å². The summed E-state index contributed by atoms with van der Waals surface area (Å²) in [5, 5.41) is 0. The molecule has 1 atom stereocenters. The van der Waals surface area contributed by atoms with Crippen molar-refractivity contribution in [2.75, 3.05) is 0 Å². The molecule has 4 aromatic carbocycles. The molecule has 0 aliphatic heterocycles. The Hall–Kier alpha value is -3.12. The maximum atomic E-state index is 2.29. The van der Waals surface area contributed by atoms with Crippen molar-refractivity contribution in [3.8, 4) is 22.3 Å². The van der Waals surface area contributed by atoms with Crippen molar-refractivity contribution >= 4 is 0 Å². The second kappa shape index (κ2) is 6.00. The summed E-state index contributed by atoms with van der Waals surface area (Å²) >= 11 is 0. The summed E-state index contributed by atoms with van der Waals surface area (Å²) < 4.78 is 0. The second-order valence-electron chi connectivity index (χ2n) is 7.05. The average Bonchev–Trinajstić information content (AvgIpc) is 3.04. The third kappa shape index (κ3) is 2.30. The van der Waals surface area contributed by atoms with E-state index in [9.17, 15) is 0 Å². The van der Waals surface area contributed by atoms with Crippen LogP contribution in [0.25, 0.3) is 22.3 Å². The van der Waals surface area contributed by atoms with Gasteiger partial charge in [0.1, 0.15) is 0 Å². The van der Waals surface area contributed by atoms with Crippen molar-refractivity contribution in [3.05, 3.63) is 119 Å². The molecular weight excluding hydrogens is 312 g/mol. The molecule has 0 bridgehead atoms. The standard InChI is InChI=1S/C26H20/c1-18-8-7-13-24-25(18)22-11-5-6-12-23(22)26(24)21-16-14-20(15-17-21)19-9-3-2-4-10-19/h2-17,26H,1H3. The second-order valence-corrected chi connectivity index (χ2v) is 7.05. The monoisotopic (exact) mass is 332 g/mol. The van der Waals surface area contributed by atoms with E-state index in [1.54, 1.807) is 0 Å². The Labute approximate surface area is 154 Å². The first-order chi connectivity index (χ1) is 12.8. The van der Waals surface area contributed by atoms with Crippen molar-refractivity contribution in [2.45, 2.75) is 12.8 Å². The molecule has 0 radical (unpaired) electrons. The maximum Gasteiger partial charge on any atom is 0.0352 e. The number of hydrogen-bond acceptors (Lipinski definition) is 0. The average molecular weight is 332 g/mol. The van der Waals surface area contributed by atoms with Gasteiger partial charge in [0.2, 0.25) is 0 Å². The van der Waals surface area contributed by atoms with Crippen LogP contribution < -0.4 is 0 Å². The summed E-state index contributed by atoms with van der Waals surface area (Å²) in [5.74, 6) is 0.325. The molecule has 1 unspecified atom stereocenters. The Bertz CT molecular complexity index is 1070. The largest absolute Gasteiger partial charge is 0.0622 e. The molecule has 0 amide bonds. The van der Waals surface area contributed by atoms with Crippen molar-refractivity contribution < 1.29 is 0 Å². The highest BCUT2D eigenvalue weighted by molar-refractivity contribution is 5.83. The molecule has 0 spiro atoms. The van der Waals surface area contributed by atoms with E-state index in [-0.39, 0.29) is 0 Å². The number of aryl methyl sites for hydroxylation is 1. The third-order valence-electron chi connectivity index (χ3n) is 5.51. The van der Waals surface area contributed by atoms with Gasteiger partial charge in [-0.1, -0.05) is 97.1 Å². The van der Waals surface area contributed by atoms with Gasteiger partial charge in [0.15, 0.2) is 0 Å². The fourth-order valence-corrected chi connectivity index (χ4v) is 4.30. The van der Waals surface area contributed by atoms with Crippen LogP contribution in [0.2, 0.25) is 0 Å². The minimum atomic E-state index is 0.325. The predicted molar refractivity (Wildman–Crippen MR) is 109 cm³/mol. The lowest BCUT2D eigenvalue weighted by Gasteiger charge is -2.15. The lowest BCUT2D eigenvalue weighted by molar-refractivity contribution is 1.01. The van der Waals surface area contributed by atoms with E-state index >= 15 is 0 Å². The number of rotatable bonds is 2. The van der Waals surface area contributed by atoms with Crippen molar-refractivity contribution in [1.82, 2.24) is 0 Å². The first-order valence-electron chi connectivity index (χ1n) is 9.17. The Morgan fingerprint density at radius 1 is 0.538 bits per heavy atom. The summed E-state index contributed by atoms with van der Waals surface area (Å²) in [5.41, 5.74) is 10.9. The van der Waals surface area contributed by atoms with Crippen LogP contribution in [0.15, 0.2) is 97.1 Å². The van der Waals surface area contributed by atoms with Crippen LogP contribution in [0.1, 0.15) is 28.2 Å². The SMILES string of the molecule is Cc1cccc2c1-c1ccccc1C2c1ccc(-c2ccccc2)cc1. The molecule has 26 heavy (non-hydrogen) atoms. The molecule has 4 aromatic rings. The van der Waals surface area contributed by atoms with Gasteiger partial charge in [0.05, 0.1) is 0 Å². The third-order valence-corrected chi connectivity index (χ3v) is 5.51. The van der Waals surface area contributed by atoms with E-state index in [1.807, 2.05) is 0 Å². The summed E-state index contributed by atoms with van der Waals surface area (Å²) in [7, 11) is 0. The fraction of sp³-hybridized carbons (Fsp3) is 0.0769. The molecule has 124 valence electrons. The van der Waals surface area contributed by atoms with Crippen molar-refractivity contribution in [3.63, 3.8) is 0 Å². The first kappa shape index (κ1) is 15.2. The van der Waals surface area contributed by atoms with E-state index < -0.39 is 0 Å². The molecule has 0 saturated heterocycles. The van der Waals surface area contributed by atoms with E-state index in [4.69, 9.17) is 0 Å². The molecule has 0 heteroatoms. The van der Waals surface area contributed by atoms with Gasteiger partial charge in [-0.15, -0.1) is 0 Å². The quantitative estimate of drug-likeness (QED) is 0.332. The molecule has 0 fully saturated rings. The zero-order valence-corrected chi connectivity index (χ0v) is 14.8. The van der Waals surface area contributed by atoms with Gasteiger partial charge in [0, 0.05) is 5.92 Å². The van der Waals surface area contributed by atoms with Crippen LogP contribution in [0.4, 0.5) is 0 Å². The molecule has 0 nitrogen and oxygen atoms in total. The summed E-state index contributed by atoms with van der Waals surface area (Å²) in [6.07, 6.45) is 0. The fourth-order valence-electron chi connectivity index (χ4n) is 4.30. The van der Waals surface area contributed by atoms with Gasteiger partial charge in [-0.05, 0) is 51.4 Å². The van der Waals surface area contributed by atoms with Gasteiger partial charge in [-0.3, -0.25) is 0 Å². The highest BCUT2D eigenvalue weighted by atomic mass is 14.3. The molecular formula is C26H20. The molecule has 1 aliphatic rings. The Balaban J connectivity index is 1.64. The van der Waals surface area contributed by atoms with Gasteiger partial charge in [-0.2, -0.15) is 0 Å². The minimum absolute atomic E-state index is 0.325. The highest BCUT2D eigenvalue weighted by Gasteiger charge is 2.30. The molecule has 1 aliphatic carbocycles. The van der Waals surface area contributed by atoms with Crippen molar-refractivity contribution in [1.29, 1.82) is 0 Å². The minimum Gasteiger partial charge on any atom is -0.0622 e. The molecule has 0 aromatic heterocycles. The van der Waals surface area contributed by atoms with Gasteiger partial charge < -0.3 is 0 Å². The van der Waals surface area contributed by atoms with E-state index in [0.29, 0.717) is 5.92 Å². The van der Waals surface area contributed by atoms with Gasteiger partial charge >= 0.3 is 0 Å². The zero-order chi connectivity index (χ0) is 17.5. The number of hydrogen-bond donors (Lipinski definition) is 0. The summed E-state index contributed by atoms with van der Waals surface area (Å²) in [6.45, 7) is 2.22. The van der Waals surface area contributed by atoms with Gasteiger partial charge in [-0.25, -0.2) is 0 Å². The predicted octanol–water partition coefficient (Wildman–Crippen LogP) is 6.82. The highest BCUT2D eigenvalue weighted by Crippen LogP contribution is 2.49. The first-order valence-corrected chi connectivity index (χ1v) is 9.17. The van der Waals surface area contributed by atoms with Gasteiger partial charge in [0.25, 0.3) is 0 Å².